The predicted octanol–water partition coefficient (Wildman–Crippen LogP) is 5.28. The molecule has 0 aliphatic carbocycles. The van der Waals surface area contributed by atoms with Crippen LogP contribution in [0.4, 0.5) is 5.69 Å². The van der Waals surface area contributed by atoms with Crippen molar-refractivity contribution in [2.24, 2.45) is 5.10 Å². The molecule has 0 aliphatic heterocycles. The molecule has 5 nitrogen and oxygen atoms in total. The Hall–Kier alpha value is -2.89. The molecule has 0 atom stereocenters. The van der Waals surface area contributed by atoms with Crippen LogP contribution < -0.4 is 10.7 Å². The van der Waals surface area contributed by atoms with Crippen LogP contribution in [-0.4, -0.2) is 17.5 Å². The fourth-order valence-electron chi connectivity index (χ4n) is 2.68. The molecule has 0 heterocycles. The predicted molar refractivity (Wildman–Crippen MR) is 114 cm³/mol. The van der Waals surface area contributed by atoms with Crippen molar-refractivity contribution in [2.75, 3.05) is 5.32 Å². The van der Waals surface area contributed by atoms with Gasteiger partial charge >= 0.3 is 0 Å². The number of carbonyl (C=O) groups is 2. The zero-order valence-electron chi connectivity index (χ0n) is 15.0. The van der Waals surface area contributed by atoms with Crippen molar-refractivity contribution in [3.05, 3.63) is 76.3 Å². The Morgan fingerprint density at radius 2 is 1.71 bits per heavy atom. The lowest BCUT2D eigenvalue weighted by molar-refractivity contribution is -0.115. The van der Waals surface area contributed by atoms with Gasteiger partial charge in [0.1, 0.15) is 0 Å². The summed E-state index contributed by atoms with van der Waals surface area (Å²) >= 11 is 11.8. The van der Waals surface area contributed by atoms with Crippen molar-refractivity contribution in [3.63, 3.8) is 0 Å². The summed E-state index contributed by atoms with van der Waals surface area (Å²) in [4.78, 5) is 24.6. The lowest BCUT2D eigenvalue weighted by Crippen LogP contribution is -2.21. The van der Waals surface area contributed by atoms with Gasteiger partial charge in [0, 0.05) is 17.0 Å². The van der Waals surface area contributed by atoms with Crippen LogP contribution >= 0.6 is 23.2 Å². The molecular weight excluding hydrogens is 397 g/mol. The first-order valence-electron chi connectivity index (χ1n) is 8.50. The number of hydrogen-bond donors (Lipinski definition) is 2. The van der Waals surface area contributed by atoms with E-state index in [0.29, 0.717) is 27.0 Å². The molecule has 0 saturated heterocycles. The maximum atomic E-state index is 12.5. The third-order valence-electron chi connectivity index (χ3n) is 4.00. The van der Waals surface area contributed by atoms with E-state index in [9.17, 15) is 9.59 Å². The highest BCUT2D eigenvalue weighted by Gasteiger charge is 2.10. The molecule has 0 aromatic heterocycles. The van der Waals surface area contributed by atoms with E-state index in [1.54, 1.807) is 31.2 Å². The molecule has 3 rings (SSSR count). The molecule has 0 bridgehead atoms. The fraction of sp³-hybridized carbons (Fsp3) is 0.0952. The summed E-state index contributed by atoms with van der Waals surface area (Å²) in [7, 11) is 0. The smallest absolute Gasteiger partial charge is 0.271 e. The first kappa shape index (κ1) is 19.9. The molecule has 0 unspecified atom stereocenters. The van der Waals surface area contributed by atoms with Crippen molar-refractivity contribution in [1.29, 1.82) is 0 Å². The van der Waals surface area contributed by atoms with E-state index in [4.69, 9.17) is 23.2 Å². The molecule has 142 valence electrons. The SMILES string of the molecule is C/C(CC(=O)Nc1ccc(Cl)c(Cl)c1)=N/NC(=O)c1cccc2ccccc12. The van der Waals surface area contributed by atoms with Crippen LogP contribution in [-0.2, 0) is 4.79 Å². The zero-order chi connectivity index (χ0) is 20.1. The largest absolute Gasteiger partial charge is 0.326 e. The van der Waals surface area contributed by atoms with Crippen molar-refractivity contribution in [2.45, 2.75) is 13.3 Å². The van der Waals surface area contributed by atoms with Crippen LogP contribution in [0.25, 0.3) is 10.8 Å². The molecule has 3 aromatic carbocycles. The zero-order valence-corrected chi connectivity index (χ0v) is 16.5. The van der Waals surface area contributed by atoms with Crippen molar-refractivity contribution in [1.82, 2.24) is 5.43 Å². The van der Waals surface area contributed by atoms with Crippen molar-refractivity contribution < 1.29 is 9.59 Å². The average molecular weight is 414 g/mol. The van der Waals surface area contributed by atoms with Crippen molar-refractivity contribution >= 4 is 57.2 Å². The van der Waals surface area contributed by atoms with E-state index in [2.05, 4.69) is 15.8 Å². The molecule has 0 aliphatic rings. The Kier molecular flexibility index (Phi) is 6.29. The van der Waals surface area contributed by atoms with Gasteiger partial charge in [-0.3, -0.25) is 9.59 Å². The highest BCUT2D eigenvalue weighted by Crippen LogP contribution is 2.25. The van der Waals surface area contributed by atoms with Crippen LogP contribution in [0.2, 0.25) is 10.0 Å². The maximum absolute atomic E-state index is 12.5. The molecule has 0 saturated carbocycles. The summed E-state index contributed by atoms with van der Waals surface area (Å²) < 4.78 is 0. The monoisotopic (exact) mass is 413 g/mol. The number of benzene rings is 3. The summed E-state index contributed by atoms with van der Waals surface area (Å²) in [6.07, 6.45) is 0.0239. The molecule has 0 spiro atoms. The minimum Gasteiger partial charge on any atom is -0.326 e. The molecule has 2 N–H and O–H groups in total. The Morgan fingerprint density at radius 3 is 2.50 bits per heavy atom. The van der Waals surface area contributed by atoms with Crippen molar-refractivity contribution in [3.8, 4) is 0 Å². The Bertz CT molecular complexity index is 1070. The van der Waals surface area contributed by atoms with Gasteiger partial charge < -0.3 is 5.32 Å². The number of fused-ring (bicyclic) bond motifs is 1. The standard InChI is InChI=1S/C21H17Cl2N3O2/c1-13(11-20(27)24-15-9-10-18(22)19(23)12-15)25-26-21(28)17-8-4-6-14-5-2-3-7-16(14)17/h2-10,12H,11H2,1H3,(H,24,27)(H,26,28)/b25-13-. The summed E-state index contributed by atoms with van der Waals surface area (Å²) in [6, 6.07) is 17.9. The van der Waals surface area contributed by atoms with Gasteiger partial charge in [-0.1, -0.05) is 59.6 Å². The maximum Gasteiger partial charge on any atom is 0.271 e. The number of nitrogens with zero attached hydrogens (tertiary/aromatic N) is 1. The molecule has 3 aromatic rings. The summed E-state index contributed by atoms with van der Waals surface area (Å²) in [6.45, 7) is 1.66. The molecule has 0 radical (unpaired) electrons. The number of hydrogen-bond acceptors (Lipinski definition) is 3. The lowest BCUT2D eigenvalue weighted by Gasteiger charge is -2.07. The van der Waals surface area contributed by atoms with Gasteiger partial charge in [-0.05, 0) is 42.0 Å². The summed E-state index contributed by atoms with van der Waals surface area (Å²) in [5.41, 5.74) is 4.03. The second-order valence-corrected chi connectivity index (χ2v) is 6.98. The van der Waals surface area contributed by atoms with E-state index >= 15 is 0 Å². The Labute approximate surface area is 172 Å². The van der Waals surface area contributed by atoms with E-state index in [1.165, 1.54) is 0 Å². The Morgan fingerprint density at radius 1 is 0.964 bits per heavy atom. The van der Waals surface area contributed by atoms with Gasteiger partial charge in [0.25, 0.3) is 5.91 Å². The summed E-state index contributed by atoms with van der Waals surface area (Å²) in [5.74, 6) is -0.611. The van der Waals surface area contributed by atoms with Crippen LogP contribution in [0.5, 0.6) is 0 Å². The van der Waals surface area contributed by atoms with Crippen LogP contribution in [0.3, 0.4) is 0 Å². The quantitative estimate of drug-likeness (QED) is 0.441. The van der Waals surface area contributed by atoms with Crippen LogP contribution in [0.1, 0.15) is 23.7 Å². The first-order valence-corrected chi connectivity index (χ1v) is 9.26. The number of nitrogens with one attached hydrogen (secondary N) is 2. The van der Waals surface area contributed by atoms with Gasteiger partial charge in [-0.2, -0.15) is 5.10 Å². The topological polar surface area (TPSA) is 70.6 Å². The molecular formula is C21H17Cl2N3O2. The minimum atomic E-state index is -0.332. The molecule has 2 amide bonds. The molecule has 7 heteroatoms. The highest BCUT2D eigenvalue weighted by atomic mass is 35.5. The Balaban J connectivity index is 1.62. The van der Waals surface area contributed by atoms with Gasteiger partial charge in [-0.15, -0.1) is 0 Å². The minimum absolute atomic E-state index is 0.0239. The fourth-order valence-corrected chi connectivity index (χ4v) is 2.98. The van der Waals surface area contributed by atoms with E-state index < -0.39 is 0 Å². The number of halogens is 2. The van der Waals surface area contributed by atoms with Gasteiger partial charge in [0.15, 0.2) is 0 Å². The molecule has 0 fully saturated rings. The summed E-state index contributed by atoms with van der Waals surface area (Å²) in [5, 5.41) is 9.31. The second kappa shape index (κ2) is 8.87. The van der Waals surface area contributed by atoms with Gasteiger partial charge in [-0.25, -0.2) is 5.43 Å². The second-order valence-electron chi connectivity index (χ2n) is 6.17. The lowest BCUT2D eigenvalue weighted by atomic mass is 10.0. The number of rotatable bonds is 5. The number of anilines is 1. The number of carbonyl (C=O) groups excluding carboxylic acids is 2. The third-order valence-corrected chi connectivity index (χ3v) is 4.74. The third kappa shape index (κ3) is 4.88. The van der Waals surface area contributed by atoms with E-state index in [0.717, 1.165) is 10.8 Å². The number of amides is 2. The normalized spacial score (nSPS) is 11.3. The molecule has 28 heavy (non-hydrogen) atoms. The van der Waals surface area contributed by atoms with E-state index in [1.807, 2.05) is 36.4 Å². The van der Waals surface area contributed by atoms with Gasteiger partial charge in [0.2, 0.25) is 5.91 Å². The van der Waals surface area contributed by atoms with E-state index in [-0.39, 0.29) is 18.2 Å². The average Bonchev–Trinajstić information content (AvgIpc) is 2.68. The van der Waals surface area contributed by atoms with Gasteiger partial charge in [0.05, 0.1) is 16.5 Å². The van der Waals surface area contributed by atoms with Crippen LogP contribution in [0, 0.1) is 0 Å². The first-order chi connectivity index (χ1) is 13.4. The number of hydrazone groups is 1. The highest BCUT2D eigenvalue weighted by molar-refractivity contribution is 6.42. The van der Waals surface area contributed by atoms with Crippen LogP contribution in [0.15, 0.2) is 65.8 Å².